The zero-order chi connectivity index (χ0) is 20.9. The number of alkyl halides is 3. The van der Waals surface area contributed by atoms with Crippen LogP contribution in [-0.4, -0.2) is 40.6 Å². The first-order valence-electron chi connectivity index (χ1n) is 9.81. The molecule has 29 heavy (non-hydrogen) atoms. The van der Waals surface area contributed by atoms with Crippen molar-refractivity contribution in [3.8, 4) is 11.3 Å². The summed E-state index contributed by atoms with van der Waals surface area (Å²) in [4.78, 5) is 2.24. The van der Waals surface area contributed by atoms with Gasteiger partial charge < -0.3 is 10.0 Å². The lowest BCUT2D eigenvalue weighted by molar-refractivity contribution is -0.137. The van der Waals surface area contributed by atoms with Crippen LogP contribution < -0.4 is 0 Å². The van der Waals surface area contributed by atoms with Gasteiger partial charge in [0.15, 0.2) is 0 Å². The van der Waals surface area contributed by atoms with Crippen molar-refractivity contribution in [3.05, 3.63) is 53.6 Å². The van der Waals surface area contributed by atoms with Gasteiger partial charge in [-0.3, -0.25) is 0 Å². The summed E-state index contributed by atoms with van der Waals surface area (Å²) in [7, 11) is 0. The highest BCUT2D eigenvalue weighted by Gasteiger charge is 2.30. The summed E-state index contributed by atoms with van der Waals surface area (Å²) in [5.74, 6) is 0. The van der Waals surface area contributed by atoms with Crippen LogP contribution in [0.15, 0.2) is 42.5 Å². The molecule has 2 aromatic carbocycles. The molecule has 1 N–H and O–H groups in total. The number of hydrogen-bond acceptors (Lipinski definition) is 4. The molecule has 7 heteroatoms. The largest absolute Gasteiger partial charge is 0.416 e. The molecule has 0 saturated carbocycles. The predicted molar refractivity (Wildman–Crippen MR) is 112 cm³/mol. The summed E-state index contributed by atoms with van der Waals surface area (Å²) in [6.07, 6.45) is -1.21. The van der Waals surface area contributed by atoms with Crippen molar-refractivity contribution in [2.24, 2.45) is 0 Å². The fraction of sp³-hybridized carbons (Fsp3) is 0.409. The van der Waals surface area contributed by atoms with E-state index in [9.17, 15) is 13.2 Å². The highest BCUT2D eigenvalue weighted by molar-refractivity contribution is 7.13. The van der Waals surface area contributed by atoms with Crippen LogP contribution in [0.25, 0.3) is 21.3 Å². The van der Waals surface area contributed by atoms with Gasteiger partial charge in [-0.15, -0.1) is 0 Å². The molecule has 0 aliphatic carbocycles. The van der Waals surface area contributed by atoms with Crippen LogP contribution in [0, 0.1) is 0 Å². The minimum absolute atomic E-state index is 0.192. The van der Waals surface area contributed by atoms with Crippen LogP contribution in [-0.2, 0) is 12.6 Å². The van der Waals surface area contributed by atoms with E-state index in [0.29, 0.717) is 5.56 Å². The average Bonchev–Trinajstić information content (AvgIpc) is 3.13. The van der Waals surface area contributed by atoms with E-state index in [1.807, 2.05) is 6.07 Å². The summed E-state index contributed by atoms with van der Waals surface area (Å²) >= 11 is 1.38. The molecule has 0 aliphatic rings. The second-order valence-electron chi connectivity index (χ2n) is 7.05. The third-order valence-electron chi connectivity index (χ3n) is 5.08. The number of aryl methyl sites for hydroxylation is 1. The van der Waals surface area contributed by atoms with Gasteiger partial charge in [0.05, 0.1) is 22.6 Å². The number of unbranched alkanes of at least 4 members (excludes halogenated alkanes) is 1. The predicted octanol–water partition coefficient (Wildman–Crippen LogP) is 5.62. The van der Waals surface area contributed by atoms with Crippen LogP contribution in [0.3, 0.4) is 0 Å². The fourth-order valence-electron chi connectivity index (χ4n) is 3.40. The Hall–Kier alpha value is -1.96. The molecule has 1 heterocycles. The number of fused-ring (bicyclic) bond motifs is 1. The number of aromatic nitrogens is 1. The maximum absolute atomic E-state index is 12.8. The normalized spacial score (nSPS) is 12.2. The lowest BCUT2D eigenvalue weighted by Crippen LogP contribution is -2.27. The van der Waals surface area contributed by atoms with Gasteiger partial charge in [0.25, 0.3) is 0 Å². The third-order valence-corrected chi connectivity index (χ3v) is 5.88. The van der Waals surface area contributed by atoms with Crippen LogP contribution in [0.1, 0.15) is 30.9 Å². The highest BCUT2D eigenvalue weighted by Crippen LogP contribution is 2.34. The second-order valence-corrected chi connectivity index (χ2v) is 7.86. The Morgan fingerprint density at radius 1 is 1.03 bits per heavy atom. The van der Waals surface area contributed by atoms with Crippen molar-refractivity contribution in [2.75, 3.05) is 26.2 Å². The number of nitrogens with zero attached hydrogens (tertiary/aromatic N) is 2. The number of aliphatic hydroxyl groups excluding tert-OH is 1. The molecular formula is C22H25F3N2OS. The number of halogens is 3. The second kappa shape index (κ2) is 9.69. The van der Waals surface area contributed by atoms with Gasteiger partial charge in [0, 0.05) is 17.5 Å². The van der Waals surface area contributed by atoms with Gasteiger partial charge in [-0.25, -0.2) is 0 Å². The van der Waals surface area contributed by atoms with E-state index in [0.717, 1.165) is 66.8 Å². The molecule has 0 amide bonds. The van der Waals surface area contributed by atoms with Crippen LogP contribution >= 0.6 is 11.5 Å². The van der Waals surface area contributed by atoms with Gasteiger partial charge in [-0.1, -0.05) is 31.2 Å². The summed E-state index contributed by atoms with van der Waals surface area (Å²) < 4.78 is 43.8. The van der Waals surface area contributed by atoms with E-state index in [1.165, 1.54) is 29.2 Å². The van der Waals surface area contributed by atoms with E-state index >= 15 is 0 Å². The minimum Gasteiger partial charge on any atom is -0.395 e. The summed E-state index contributed by atoms with van der Waals surface area (Å²) in [5.41, 5.74) is 2.02. The number of benzene rings is 2. The van der Waals surface area contributed by atoms with Gasteiger partial charge in [-0.2, -0.15) is 17.5 Å². The van der Waals surface area contributed by atoms with Crippen LogP contribution in [0.2, 0.25) is 0 Å². The summed E-state index contributed by atoms with van der Waals surface area (Å²) in [5, 5.41) is 10.0. The molecular weight excluding hydrogens is 397 g/mol. The number of likely N-dealkylation sites (N-methyl/N-ethyl adjacent to an activating group) is 1. The molecule has 0 fully saturated rings. The van der Waals surface area contributed by atoms with Crippen molar-refractivity contribution in [2.45, 2.75) is 32.4 Å². The Balaban J connectivity index is 1.65. The van der Waals surface area contributed by atoms with E-state index < -0.39 is 11.7 Å². The van der Waals surface area contributed by atoms with E-state index in [4.69, 9.17) is 5.11 Å². The maximum Gasteiger partial charge on any atom is 0.416 e. The first-order valence-corrected chi connectivity index (χ1v) is 10.6. The maximum atomic E-state index is 12.8. The van der Waals surface area contributed by atoms with E-state index in [1.54, 1.807) is 0 Å². The Labute approximate surface area is 173 Å². The van der Waals surface area contributed by atoms with Gasteiger partial charge in [-0.05, 0) is 67.6 Å². The van der Waals surface area contributed by atoms with Crippen molar-refractivity contribution in [1.82, 2.24) is 9.27 Å². The van der Waals surface area contributed by atoms with Gasteiger partial charge in [0.1, 0.15) is 0 Å². The lowest BCUT2D eigenvalue weighted by atomic mass is 10.0. The molecule has 0 unspecified atom stereocenters. The van der Waals surface area contributed by atoms with Crippen molar-refractivity contribution in [3.63, 3.8) is 0 Å². The van der Waals surface area contributed by atoms with Crippen LogP contribution in [0.4, 0.5) is 13.2 Å². The topological polar surface area (TPSA) is 36.4 Å². The molecule has 0 atom stereocenters. The molecule has 3 nitrogen and oxygen atoms in total. The fourth-order valence-corrected chi connectivity index (χ4v) is 4.26. The van der Waals surface area contributed by atoms with Gasteiger partial charge in [0.2, 0.25) is 0 Å². The highest BCUT2D eigenvalue weighted by atomic mass is 32.1. The standard InChI is InChI=1S/C22H25F3N2OS/c1-2-27(13-14-28)12-4-3-5-16-6-11-19-20(15-16)29-26-21(19)17-7-9-18(10-8-17)22(23,24)25/h6-11,15,28H,2-5,12-14H2,1H3. The smallest absolute Gasteiger partial charge is 0.395 e. The monoisotopic (exact) mass is 422 g/mol. The zero-order valence-electron chi connectivity index (χ0n) is 16.4. The molecule has 3 rings (SSSR count). The summed E-state index contributed by atoms with van der Waals surface area (Å²) in [6, 6.07) is 11.4. The Morgan fingerprint density at radius 2 is 1.79 bits per heavy atom. The molecule has 0 radical (unpaired) electrons. The molecule has 0 spiro atoms. The zero-order valence-corrected chi connectivity index (χ0v) is 17.2. The molecule has 1 aromatic heterocycles. The first kappa shape index (κ1) is 21.7. The molecule has 156 valence electrons. The quantitative estimate of drug-likeness (QED) is 0.455. The minimum atomic E-state index is -4.33. The third kappa shape index (κ3) is 5.56. The van der Waals surface area contributed by atoms with Crippen LogP contribution in [0.5, 0.6) is 0 Å². The average molecular weight is 423 g/mol. The van der Waals surface area contributed by atoms with Crippen molar-refractivity contribution >= 4 is 21.6 Å². The molecule has 0 saturated heterocycles. The van der Waals surface area contributed by atoms with E-state index in [-0.39, 0.29) is 6.61 Å². The molecule has 0 aliphatic heterocycles. The lowest BCUT2D eigenvalue weighted by Gasteiger charge is -2.18. The Morgan fingerprint density at radius 3 is 2.45 bits per heavy atom. The first-order chi connectivity index (χ1) is 13.9. The SMILES string of the molecule is CCN(CCO)CCCCc1ccc2c(-c3ccc(C(F)(F)F)cc3)nsc2c1. The molecule has 0 bridgehead atoms. The van der Waals surface area contributed by atoms with Crippen molar-refractivity contribution in [1.29, 1.82) is 0 Å². The molecule has 3 aromatic rings. The van der Waals surface area contributed by atoms with Crippen molar-refractivity contribution < 1.29 is 18.3 Å². The Kier molecular flexibility index (Phi) is 7.27. The number of aliphatic hydroxyl groups is 1. The number of hydrogen-bond donors (Lipinski definition) is 1. The van der Waals surface area contributed by atoms with Gasteiger partial charge >= 0.3 is 6.18 Å². The number of rotatable bonds is 9. The Bertz CT molecular complexity index is 922. The van der Waals surface area contributed by atoms with E-state index in [2.05, 4.69) is 28.3 Å². The summed E-state index contributed by atoms with van der Waals surface area (Å²) in [6.45, 7) is 4.94.